The highest BCUT2D eigenvalue weighted by Gasteiger charge is 2.18. The molecule has 0 bridgehead atoms. The van der Waals surface area contributed by atoms with Crippen LogP contribution in [0.4, 0.5) is 8.78 Å². The maximum absolute atomic E-state index is 12.7. The number of carbonyl (C=O) groups is 1. The molecule has 0 aliphatic rings. The van der Waals surface area contributed by atoms with E-state index < -0.39 is 6.61 Å². The van der Waals surface area contributed by atoms with E-state index >= 15 is 0 Å². The highest BCUT2D eigenvalue weighted by molar-refractivity contribution is 9.10. The summed E-state index contributed by atoms with van der Waals surface area (Å²) in [4.78, 5) is 14.3. The van der Waals surface area contributed by atoms with Gasteiger partial charge in [0.15, 0.2) is 11.5 Å². The third kappa shape index (κ3) is 5.56. The van der Waals surface area contributed by atoms with Crippen LogP contribution in [0.5, 0.6) is 17.2 Å². The third-order valence-corrected chi connectivity index (χ3v) is 4.39. The second-order valence-corrected chi connectivity index (χ2v) is 6.45. The normalized spacial score (nSPS) is 10.6. The van der Waals surface area contributed by atoms with Crippen LogP contribution in [-0.4, -0.2) is 38.2 Å². The molecule has 0 saturated heterocycles. The molecule has 2 rings (SSSR count). The molecule has 0 fully saturated rings. The van der Waals surface area contributed by atoms with Crippen LogP contribution in [0.2, 0.25) is 0 Å². The van der Waals surface area contributed by atoms with Gasteiger partial charge in [0.1, 0.15) is 5.75 Å². The van der Waals surface area contributed by atoms with Crippen molar-refractivity contribution in [3.8, 4) is 17.2 Å². The number of carbonyl (C=O) groups excluding carboxylic acids is 1. The molecule has 1 amide bonds. The zero-order chi connectivity index (χ0) is 20.0. The minimum absolute atomic E-state index is 0.0416. The Morgan fingerprint density at radius 2 is 1.93 bits per heavy atom. The fraction of sp³-hybridized carbons (Fsp3) is 0.316. The minimum Gasteiger partial charge on any atom is -0.497 e. The van der Waals surface area contributed by atoms with Gasteiger partial charge < -0.3 is 19.1 Å². The van der Waals surface area contributed by atoms with Crippen molar-refractivity contribution < 1.29 is 27.8 Å². The highest BCUT2D eigenvalue weighted by Crippen LogP contribution is 2.31. The predicted molar refractivity (Wildman–Crippen MR) is 101 cm³/mol. The summed E-state index contributed by atoms with van der Waals surface area (Å²) in [5, 5.41) is 0. The van der Waals surface area contributed by atoms with E-state index in [1.165, 1.54) is 18.1 Å². The van der Waals surface area contributed by atoms with Gasteiger partial charge in [-0.3, -0.25) is 4.79 Å². The van der Waals surface area contributed by atoms with Crippen LogP contribution < -0.4 is 14.2 Å². The number of hydrogen-bond donors (Lipinski definition) is 0. The van der Waals surface area contributed by atoms with E-state index in [-0.39, 0.29) is 24.0 Å². The van der Waals surface area contributed by atoms with Gasteiger partial charge in [-0.1, -0.05) is 6.07 Å². The molecule has 5 nitrogen and oxygen atoms in total. The number of alkyl halides is 2. The van der Waals surface area contributed by atoms with Gasteiger partial charge >= 0.3 is 6.61 Å². The summed E-state index contributed by atoms with van der Waals surface area (Å²) in [5.41, 5.74) is 1.18. The predicted octanol–water partition coefficient (Wildman–Crippen LogP) is 4.73. The van der Waals surface area contributed by atoms with E-state index in [1.54, 1.807) is 44.3 Å². The molecule has 2 aromatic rings. The first-order valence-electron chi connectivity index (χ1n) is 8.15. The number of benzene rings is 2. The summed E-state index contributed by atoms with van der Waals surface area (Å²) in [6.45, 7) is -0.634. The molecule has 8 heteroatoms. The molecule has 0 spiro atoms. The van der Waals surface area contributed by atoms with Crippen molar-refractivity contribution in [1.29, 1.82) is 0 Å². The molecule has 27 heavy (non-hydrogen) atoms. The number of ether oxygens (including phenoxy) is 3. The Bertz CT molecular complexity index is 801. The molecule has 0 aliphatic heterocycles. The van der Waals surface area contributed by atoms with E-state index in [0.717, 1.165) is 5.56 Å². The van der Waals surface area contributed by atoms with Crippen LogP contribution in [0.15, 0.2) is 40.9 Å². The minimum atomic E-state index is -2.94. The number of halogens is 3. The molecular weight excluding hydrogens is 424 g/mol. The van der Waals surface area contributed by atoms with Crippen LogP contribution >= 0.6 is 15.9 Å². The number of rotatable bonds is 8. The van der Waals surface area contributed by atoms with E-state index in [4.69, 9.17) is 9.47 Å². The van der Waals surface area contributed by atoms with Crippen molar-refractivity contribution in [2.45, 2.75) is 20.1 Å². The Kier molecular flexibility index (Phi) is 7.41. The van der Waals surface area contributed by atoms with Crippen molar-refractivity contribution in [2.24, 2.45) is 0 Å². The van der Waals surface area contributed by atoms with Crippen LogP contribution in [0, 0.1) is 0 Å². The SMILES string of the molecule is CCOc1cc(CN(C)C(=O)c2cc(OC)ccc2Br)ccc1OC(F)F. The number of nitrogens with zero attached hydrogens (tertiary/aromatic N) is 1. The Hall–Kier alpha value is -2.35. The molecule has 2 aromatic carbocycles. The fourth-order valence-electron chi connectivity index (χ4n) is 2.46. The number of amides is 1. The van der Waals surface area contributed by atoms with Gasteiger partial charge in [-0.25, -0.2) is 0 Å². The van der Waals surface area contributed by atoms with Crippen molar-refractivity contribution in [1.82, 2.24) is 4.90 Å². The number of methoxy groups -OCH3 is 1. The summed E-state index contributed by atoms with van der Waals surface area (Å²) >= 11 is 3.37. The first kappa shape index (κ1) is 21.0. The zero-order valence-electron chi connectivity index (χ0n) is 15.2. The van der Waals surface area contributed by atoms with Gasteiger partial charge in [-0.2, -0.15) is 8.78 Å². The van der Waals surface area contributed by atoms with Crippen molar-refractivity contribution in [2.75, 3.05) is 20.8 Å². The first-order valence-corrected chi connectivity index (χ1v) is 8.94. The summed E-state index contributed by atoms with van der Waals surface area (Å²) in [5.74, 6) is 0.521. The molecule has 0 heterocycles. The average molecular weight is 444 g/mol. The monoisotopic (exact) mass is 443 g/mol. The van der Waals surface area contributed by atoms with Gasteiger partial charge in [0.05, 0.1) is 19.3 Å². The third-order valence-electron chi connectivity index (χ3n) is 3.69. The van der Waals surface area contributed by atoms with E-state index in [2.05, 4.69) is 20.7 Å². The molecule has 0 N–H and O–H groups in total. The van der Waals surface area contributed by atoms with E-state index in [1.807, 2.05) is 0 Å². The lowest BCUT2D eigenvalue weighted by atomic mass is 10.1. The van der Waals surface area contributed by atoms with Gasteiger partial charge in [0.2, 0.25) is 0 Å². The van der Waals surface area contributed by atoms with Gasteiger partial charge in [0, 0.05) is 18.1 Å². The standard InChI is InChI=1S/C19H20BrF2NO4/c1-4-26-17-9-12(5-8-16(17)27-19(21)22)11-23(2)18(24)14-10-13(25-3)6-7-15(14)20/h5-10,19H,4,11H2,1-3H3. The van der Waals surface area contributed by atoms with Gasteiger partial charge in [-0.05, 0) is 58.7 Å². The van der Waals surface area contributed by atoms with E-state index in [9.17, 15) is 13.6 Å². The molecule has 0 radical (unpaired) electrons. The van der Waals surface area contributed by atoms with Crippen molar-refractivity contribution in [3.05, 3.63) is 52.0 Å². The lowest BCUT2D eigenvalue weighted by molar-refractivity contribution is -0.0514. The lowest BCUT2D eigenvalue weighted by Crippen LogP contribution is -2.26. The molecular formula is C19H20BrF2NO4. The zero-order valence-corrected chi connectivity index (χ0v) is 16.8. The van der Waals surface area contributed by atoms with E-state index in [0.29, 0.717) is 22.4 Å². The lowest BCUT2D eigenvalue weighted by Gasteiger charge is -2.20. The number of hydrogen-bond acceptors (Lipinski definition) is 4. The summed E-state index contributed by atoms with van der Waals surface area (Å²) in [6.07, 6.45) is 0. The van der Waals surface area contributed by atoms with Crippen LogP contribution in [0.3, 0.4) is 0 Å². The quantitative estimate of drug-likeness (QED) is 0.591. The highest BCUT2D eigenvalue weighted by atomic mass is 79.9. The molecule has 146 valence electrons. The largest absolute Gasteiger partial charge is 0.497 e. The van der Waals surface area contributed by atoms with Crippen molar-refractivity contribution >= 4 is 21.8 Å². The molecule has 0 saturated carbocycles. The smallest absolute Gasteiger partial charge is 0.387 e. The topological polar surface area (TPSA) is 48.0 Å². The Balaban J connectivity index is 2.20. The fourth-order valence-corrected chi connectivity index (χ4v) is 2.88. The Labute approximate surface area is 165 Å². The molecule has 0 aromatic heterocycles. The van der Waals surface area contributed by atoms with Crippen LogP contribution in [0.25, 0.3) is 0 Å². The maximum atomic E-state index is 12.7. The van der Waals surface area contributed by atoms with Crippen molar-refractivity contribution in [3.63, 3.8) is 0 Å². The molecule has 0 atom stereocenters. The average Bonchev–Trinajstić information content (AvgIpc) is 2.63. The summed E-state index contributed by atoms with van der Waals surface area (Å²) < 4.78 is 40.6. The second kappa shape index (κ2) is 9.55. The Morgan fingerprint density at radius 1 is 1.19 bits per heavy atom. The first-order chi connectivity index (χ1) is 12.8. The van der Waals surface area contributed by atoms with Crippen LogP contribution in [-0.2, 0) is 6.54 Å². The Morgan fingerprint density at radius 3 is 2.56 bits per heavy atom. The maximum Gasteiger partial charge on any atom is 0.387 e. The molecule has 0 aliphatic carbocycles. The van der Waals surface area contributed by atoms with Crippen LogP contribution in [0.1, 0.15) is 22.8 Å². The molecule has 0 unspecified atom stereocenters. The summed E-state index contributed by atoms with van der Waals surface area (Å²) in [7, 11) is 3.18. The van der Waals surface area contributed by atoms with Gasteiger partial charge in [-0.15, -0.1) is 0 Å². The summed E-state index contributed by atoms with van der Waals surface area (Å²) in [6, 6.07) is 9.75. The second-order valence-electron chi connectivity index (χ2n) is 5.60. The van der Waals surface area contributed by atoms with Gasteiger partial charge in [0.25, 0.3) is 5.91 Å².